The number of allylic oxidation sites excluding steroid dienone is 3. The number of methoxy groups -OCH3 is 1. The summed E-state index contributed by atoms with van der Waals surface area (Å²) in [6.45, 7) is 2.11. The van der Waals surface area contributed by atoms with E-state index in [9.17, 15) is 0 Å². The minimum absolute atomic E-state index is 0.504. The van der Waals surface area contributed by atoms with E-state index < -0.39 is 0 Å². The van der Waals surface area contributed by atoms with Crippen molar-refractivity contribution >= 4 is 0 Å². The highest BCUT2D eigenvalue weighted by molar-refractivity contribution is 5.32. The molecule has 0 aliphatic heterocycles. The van der Waals surface area contributed by atoms with E-state index in [1.807, 2.05) is 6.08 Å². The largest absolute Gasteiger partial charge is 0.497 e. The average Bonchev–Trinajstić information content (AvgIpc) is 2.30. The number of rotatable bonds is 2. The standard InChI is InChI=1S/C14H16O/c1-11-3-5-12(6-4-11)13-7-9-14(15-2)10-8-13/h3-7,9-10,13H,8H2,1-2H3. The fourth-order valence-electron chi connectivity index (χ4n) is 1.81. The third-order valence-corrected chi connectivity index (χ3v) is 2.81. The summed E-state index contributed by atoms with van der Waals surface area (Å²) in [4.78, 5) is 0. The number of benzene rings is 1. The zero-order valence-electron chi connectivity index (χ0n) is 9.23. The Hall–Kier alpha value is -1.50. The van der Waals surface area contributed by atoms with Crippen LogP contribution in [0, 0.1) is 6.92 Å². The quantitative estimate of drug-likeness (QED) is 0.709. The van der Waals surface area contributed by atoms with E-state index >= 15 is 0 Å². The van der Waals surface area contributed by atoms with E-state index in [1.165, 1.54) is 11.1 Å². The Labute approximate surface area is 91.1 Å². The van der Waals surface area contributed by atoms with Crippen LogP contribution in [-0.4, -0.2) is 7.11 Å². The van der Waals surface area contributed by atoms with E-state index in [1.54, 1.807) is 7.11 Å². The van der Waals surface area contributed by atoms with E-state index in [4.69, 9.17) is 4.74 Å². The lowest BCUT2D eigenvalue weighted by molar-refractivity contribution is 0.303. The maximum Gasteiger partial charge on any atom is 0.114 e. The molecule has 0 N–H and O–H groups in total. The molecule has 0 saturated carbocycles. The fourth-order valence-corrected chi connectivity index (χ4v) is 1.81. The second kappa shape index (κ2) is 4.35. The van der Waals surface area contributed by atoms with Gasteiger partial charge < -0.3 is 4.74 Å². The van der Waals surface area contributed by atoms with Crippen molar-refractivity contribution in [2.75, 3.05) is 7.11 Å². The molecular formula is C14H16O. The molecule has 1 aromatic carbocycles. The van der Waals surface area contributed by atoms with Crippen molar-refractivity contribution in [1.29, 1.82) is 0 Å². The second-order valence-corrected chi connectivity index (χ2v) is 3.92. The average molecular weight is 200 g/mol. The Morgan fingerprint density at radius 2 is 1.93 bits per heavy atom. The van der Waals surface area contributed by atoms with Gasteiger partial charge >= 0.3 is 0 Å². The van der Waals surface area contributed by atoms with Crippen LogP contribution in [0.1, 0.15) is 23.5 Å². The lowest BCUT2D eigenvalue weighted by atomic mass is 9.92. The van der Waals surface area contributed by atoms with Gasteiger partial charge in [0, 0.05) is 5.92 Å². The van der Waals surface area contributed by atoms with Crippen molar-refractivity contribution < 1.29 is 4.74 Å². The first-order chi connectivity index (χ1) is 7.29. The summed E-state index contributed by atoms with van der Waals surface area (Å²) >= 11 is 0. The highest BCUT2D eigenvalue weighted by Crippen LogP contribution is 2.26. The monoisotopic (exact) mass is 200 g/mol. The maximum absolute atomic E-state index is 5.17. The van der Waals surface area contributed by atoms with E-state index in [-0.39, 0.29) is 0 Å². The molecular weight excluding hydrogens is 184 g/mol. The third-order valence-electron chi connectivity index (χ3n) is 2.81. The lowest BCUT2D eigenvalue weighted by Crippen LogP contribution is -1.99. The molecule has 0 spiro atoms. The second-order valence-electron chi connectivity index (χ2n) is 3.92. The number of ether oxygens (including phenoxy) is 1. The van der Waals surface area contributed by atoms with Crippen LogP contribution in [0.25, 0.3) is 0 Å². The van der Waals surface area contributed by atoms with Crippen molar-refractivity contribution in [3.05, 3.63) is 59.4 Å². The van der Waals surface area contributed by atoms with E-state index in [0.29, 0.717) is 5.92 Å². The van der Waals surface area contributed by atoms with Crippen molar-refractivity contribution in [3.8, 4) is 0 Å². The molecule has 15 heavy (non-hydrogen) atoms. The minimum atomic E-state index is 0.504. The molecule has 0 radical (unpaired) electrons. The van der Waals surface area contributed by atoms with Crippen molar-refractivity contribution in [2.24, 2.45) is 0 Å². The van der Waals surface area contributed by atoms with Crippen molar-refractivity contribution in [2.45, 2.75) is 19.3 Å². The predicted molar refractivity (Wildman–Crippen MR) is 62.8 cm³/mol. The molecule has 78 valence electrons. The van der Waals surface area contributed by atoms with Gasteiger partial charge in [0.05, 0.1) is 7.11 Å². The molecule has 0 heterocycles. The molecule has 1 aliphatic rings. The zero-order valence-corrected chi connectivity index (χ0v) is 9.23. The van der Waals surface area contributed by atoms with Crippen LogP contribution in [0.3, 0.4) is 0 Å². The lowest BCUT2D eigenvalue weighted by Gasteiger charge is -2.16. The van der Waals surface area contributed by atoms with Gasteiger partial charge in [-0.2, -0.15) is 0 Å². The molecule has 1 aliphatic carbocycles. The van der Waals surface area contributed by atoms with Gasteiger partial charge in [-0.25, -0.2) is 0 Å². The SMILES string of the molecule is COC1=CCC(c2ccc(C)cc2)C=C1. The summed E-state index contributed by atoms with van der Waals surface area (Å²) in [5.41, 5.74) is 2.69. The van der Waals surface area contributed by atoms with Crippen LogP contribution in [0.2, 0.25) is 0 Å². The first kappa shape index (κ1) is 10.0. The van der Waals surface area contributed by atoms with Crippen LogP contribution in [0.5, 0.6) is 0 Å². The van der Waals surface area contributed by atoms with Crippen LogP contribution in [0.15, 0.2) is 48.3 Å². The molecule has 0 bridgehead atoms. The molecule has 2 rings (SSSR count). The summed E-state index contributed by atoms with van der Waals surface area (Å²) in [5, 5.41) is 0. The maximum atomic E-state index is 5.17. The van der Waals surface area contributed by atoms with E-state index in [2.05, 4.69) is 43.3 Å². The van der Waals surface area contributed by atoms with Gasteiger partial charge in [0.25, 0.3) is 0 Å². The van der Waals surface area contributed by atoms with Crippen molar-refractivity contribution in [3.63, 3.8) is 0 Å². The normalized spacial score (nSPS) is 19.9. The van der Waals surface area contributed by atoms with Gasteiger partial charge in [0.2, 0.25) is 0 Å². The summed E-state index contributed by atoms with van der Waals surface area (Å²) in [7, 11) is 1.71. The van der Waals surface area contributed by atoms with Gasteiger partial charge in [-0.05, 0) is 31.1 Å². The van der Waals surface area contributed by atoms with Crippen LogP contribution in [-0.2, 0) is 4.74 Å². The molecule has 0 aromatic heterocycles. The van der Waals surface area contributed by atoms with Gasteiger partial charge in [-0.3, -0.25) is 0 Å². The van der Waals surface area contributed by atoms with Crippen LogP contribution >= 0.6 is 0 Å². The molecule has 0 fully saturated rings. The number of hydrogen-bond acceptors (Lipinski definition) is 1. The Balaban J connectivity index is 2.12. The minimum Gasteiger partial charge on any atom is -0.497 e. The Kier molecular flexibility index (Phi) is 2.91. The van der Waals surface area contributed by atoms with Gasteiger partial charge in [0.15, 0.2) is 0 Å². The topological polar surface area (TPSA) is 9.23 Å². The van der Waals surface area contributed by atoms with Gasteiger partial charge in [-0.15, -0.1) is 0 Å². The fraction of sp³-hybridized carbons (Fsp3) is 0.286. The first-order valence-electron chi connectivity index (χ1n) is 5.28. The zero-order chi connectivity index (χ0) is 10.7. The summed E-state index contributed by atoms with van der Waals surface area (Å²) in [6.07, 6.45) is 7.44. The molecule has 1 unspecified atom stereocenters. The molecule has 1 atom stereocenters. The highest BCUT2D eigenvalue weighted by atomic mass is 16.5. The Morgan fingerprint density at radius 1 is 1.20 bits per heavy atom. The molecule has 0 saturated heterocycles. The summed E-state index contributed by atoms with van der Waals surface area (Å²) < 4.78 is 5.17. The van der Waals surface area contributed by atoms with Gasteiger partial charge in [-0.1, -0.05) is 35.9 Å². The van der Waals surface area contributed by atoms with Gasteiger partial charge in [0.1, 0.15) is 5.76 Å². The number of aryl methyl sites for hydroxylation is 1. The molecule has 1 aromatic rings. The smallest absolute Gasteiger partial charge is 0.114 e. The third kappa shape index (κ3) is 2.30. The van der Waals surface area contributed by atoms with E-state index in [0.717, 1.165) is 12.2 Å². The number of hydrogen-bond donors (Lipinski definition) is 0. The first-order valence-corrected chi connectivity index (χ1v) is 5.28. The van der Waals surface area contributed by atoms with Crippen LogP contribution < -0.4 is 0 Å². The Morgan fingerprint density at radius 3 is 2.47 bits per heavy atom. The Bertz CT molecular complexity index is 384. The molecule has 0 amide bonds. The summed E-state index contributed by atoms with van der Waals surface area (Å²) in [6, 6.07) is 8.74. The van der Waals surface area contributed by atoms with Crippen LogP contribution in [0.4, 0.5) is 0 Å². The highest BCUT2D eigenvalue weighted by Gasteiger charge is 2.10. The molecule has 1 nitrogen and oxygen atoms in total. The summed E-state index contributed by atoms with van der Waals surface area (Å²) in [5.74, 6) is 1.47. The molecule has 1 heteroatoms. The predicted octanol–water partition coefficient (Wildman–Crippen LogP) is 3.57. The van der Waals surface area contributed by atoms with Crippen molar-refractivity contribution in [1.82, 2.24) is 0 Å².